The Kier molecular flexibility index (Phi) is 4.77. The van der Waals surface area contributed by atoms with Crippen LogP contribution in [0.15, 0.2) is 24.0 Å². The Labute approximate surface area is 115 Å². The van der Waals surface area contributed by atoms with E-state index in [9.17, 15) is 5.11 Å². The Bertz CT molecular complexity index is 426. The number of piperidine rings is 1. The van der Waals surface area contributed by atoms with Gasteiger partial charge in [-0.1, -0.05) is 11.6 Å². The van der Waals surface area contributed by atoms with Crippen molar-refractivity contribution < 1.29 is 5.11 Å². The van der Waals surface area contributed by atoms with Crippen LogP contribution >= 0.6 is 0 Å². The second-order valence-electron chi connectivity index (χ2n) is 5.76. The number of likely N-dealkylation sites (tertiary alicyclic amines) is 1. The average molecular weight is 263 g/mol. The van der Waals surface area contributed by atoms with Crippen LogP contribution in [0.3, 0.4) is 0 Å². The highest BCUT2D eigenvalue weighted by atomic mass is 16.3. The number of aliphatic hydroxyl groups excluding tert-OH is 1. The summed E-state index contributed by atoms with van der Waals surface area (Å²) < 4.78 is 1.92. The summed E-state index contributed by atoms with van der Waals surface area (Å²) in [7, 11) is 1.94. The van der Waals surface area contributed by atoms with Crippen molar-refractivity contribution >= 4 is 0 Å². The molecule has 1 aromatic rings. The number of allylic oxidation sites excluding steroid dienone is 1. The largest absolute Gasteiger partial charge is 0.385 e. The van der Waals surface area contributed by atoms with E-state index in [1.54, 1.807) is 6.20 Å². The van der Waals surface area contributed by atoms with E-state index < -0.39 is 6.10 Å². The average Bonchev–Trinajstić information content (AvgIpc) is 2.82. The maximum atomic E-state index is 10.4. The van der Waals surface area contributed by atoms with E-state index in [0.29, 0.717) is 5.92 Å². The summed E-state index contributed by atoms with van der Waals surface area (Å²) in [5.41, 5.74) is 1.37. The number of rotatable bonds is 4. The van der Waals surface area contributed by atoms with Gasteiger partial charge in [0, 0.05) is 26.0 Å². The van der Waals surface area contributed by atoms with Gasteiger partial charge in [-0.25, -0.2) is 4.98 Å². The topological polar surface area (TPSA) is 41.3 Å². The van der Waals surface area contributed by atoms with Crippen molar-refractivity contribution in [2.75, 3.05) is 19.6 Å². The van der Waals surface area contributed by atoms with Crippen LogP contribution in [0.2, 0.25) is 0 Å². The molecule has 1 saturated heterocycles. The molecule has 0 aromatic carbocycles. The highest BCUT2D eigenvalue weighted by Gasteiger charge is 2.27. The van der Waals surface area contributed by atoms with Gasteiger partial charge in [0.15, 0.2) is 0 Å². The first-order valence-electron chi connectivity index (χ1n) is 7.09. The third kappa shape index (κ3) is 3.67. The summed E-state index contributed by atoms with van der Waals surface area (Å²) in [6.45, 7) is 7.44. The van der Waals surface area contributed by atoms with Gasteiger partial charge in [0.05, 0.1) is 0 Å². The van der Waals surface area contributed by atoms with Crippen molar-refractivity contribution in [2.45, 2.75) is 32.8 Å². The molecule has 2 rings (SSSR count). The molecule has 1 unspecified atom stereocenters. The molecule has 1 fully saturated rings. The van der Waals surface area contributed by atoms with Gasteiger partial charge in [-0.05, 0) is 45.7 Å². The van der Waals surface area contributed by atoms with Gasteiger partial charge >= 0.3 is 0 Å². The second kappa shape index (κ2) is 6.35. The van der Waals surface area contributed by atoms with Gasteiger partial charge in [-0.2, -0.15) is 0 Å². The number of hydrogen-bond acceptors (Lipinski definition) is 3. The smallest absolute Gasteiger partial charge is 0.137 e. The Balaban J connectivity index is 1.86. The fourth-order valence-electron chi connectivity index (χ4n) is 2.64. The number of nitrogens with zero attached hydrogens (tertiary/aromatic N) is 3. The van der Waals surface area contributed by atoms with E-state index in [4.69, 9.17) is 0 Å². The Hall–Kier alpha value is -1.13. The van der Waals surface area contributed by atoms with Crippen LogP contribution in [0, 0.1) is 5.92 Å². The van der Waals surface area contributed by atoms with Crippen LogP contribution in [0.1, 0.15) is 38.6 Å². The zero-order valence-corrected chi connectivity index (χ0v) is 12.2. The fourth-order valence-corrected chi connectivity index (χ4v) is 2.64. The molecular weight excluding hydrogens is 238 g/mol. The first kappa shape index (κ1) is 14.3. The molecule has 2 heterocycles. The van der Waals surface area contributed by atoms with Crippen molar-refractivity contribution in [3.63, 3.8) is 0 Å². The van der Waals surface area contributed by atoms with E-state index in [0.717, 1.165) is 38.3 Å². The monoisotopic (exact) mass is 263 g/mol. The van der Waals surface area contributed by atoms with E-state index >= 15 is 0 Å². The summed E-state index contributed by atoms with van der Waals surface area (Å²) in [4.78, 5) is 6.71. The quantitative estimate of drug-likeness (QED) is 0.846. The molecule has 1 atom stereocenters. The van der Waals surface area contributed by atoms with Gasteiger partial charge in [-0.15, -0.1) is 0 Å². The Morgan fingerprint density at radius 3 is 2.68 bits per heavy atom. The van der Waals surface area contributed by atoms with Crippen LogP contribution in [-0.4, -0.2) is 39.2 Å². The molecule has 106 valence electrons. The van der Waals surface area contributed by atoms with Crippen LogP contribution in [0.4, 0.5) is 0 Å². The van der Waals surface area contributed by atoms with Crippen molar-refractivity contribution in [3.05, 3.63) is 29.9 Å². The van der Waals surface area contributed by atoms with Gasteiger partial charge in [0.1, 0.15) is 11.9 Å². The molecule has 1 aliphatic heterocycles. The lowest BCUT2D eigenvalue weighted by molar-refractivity contribution is 0.0540. The van der Waals surface area contributed by atoms with Crippen LogP contribution in [0.5, 0.6) is 0 Å². The lowest BCUT2D eigenvalue weighted by atomic mass is 9.90. The maximum Gasteiger partial charge on any atom is 0.137 e. The van der Waals surface area contributed by atoms with E-state index in [-0.39, 0.29) is 0 Å². The van der Waals surface area contributed by atoms with Crippen molar-refractivity contribution in [2.24, 2.45) is 13.0 Å². The first-order valence-corrected chi connectivity index (χ1v) is 7.09. The third-order valence-corrected chi connectivity index (χ3v) is 3.96. The standard InChI is InChI=1S/C15H25N3O/c1-12(2)4-8-18-9-5-13(6-10-18)14(19)15-16-7-11-17(15)3/h4,7,11,13-14,19H,5-6,8-10H2,1-3H3. The predicted molar refractivity (Wildman–Crippen MR) is 76.8 cm³/mol. The van der Waals surface area contributed by atoms with Gasteiger partial charge in [0.25, 0.3) is 0 Å². The fraction of sp³-hybridized carbons (Fsp3) is 0.667. The lowest BCUT2D eigenvalue weighted by Crippen LogP contribution is -2.36. The Morgan fingerprint density at radius 1 is 1.47 bits per heavy atom. The minimum absolute atomic E-state index is 0.337. The predicted octanol–water partition coefficient (Wildman–Crippen LogP) is 2.13. The minimum atomic E-state index is -0.425. The van der Waals surface area contributed by atoms with E-state index in [1.807, 2.05) is 17.8 Å². The summed E-state index contributed by atoms with van der Waals surface area (Å²) in [6.07, 6.45) is 7.58. The Morgan fingerprint density at radius 2 is 2.16 bits per heavy atom. The zero-order chi connectivity index (χ0) is 13.8. The minimum Gasteiger partial charge on any atom is -0.385 e. The normalized spacial score (nSPS) is 19.4. The molecule has 1 aliphatic rings. The van der Waals surface area contributed by atoms with Crippen LogP contribution in [-0.2, 0) is 7.05 Å². The zero-order valence-electron chi connectivity index (χ0n) is 12.2. The molecule has 1 N–H and O–H groups in total. The number of hydrogen-bond donors (Lipinski definition) is 1. The lowest BCUT2D eigenvalue weighted by Gasteiger charge is -2.33. The molecule has 0 radical (unpaired) electrons. The molecule has 4 heteroatoms. The summed E-state index contributed by atoms with van der Waals surface area (Å²) in [5, 5.41) is 10.4. The molecule has 1 aromatic heterocycles. The van der Waals surface area contributed by atoms with E-state index in [1.165, 1.54) is 5.57 Å². The van der Waals surface area contributed by atoms with Gasteiger partial charge in [0.2, 0.25) is 0 Å². The summed E-state index contributed by atoms with van der Waals surface area (Å²) >= 11 is 0. The summed E-state index contributed by atoms with van der Waals surface area (Å²) in [6, 6.07) is 0. The van der Waals surface area contributed by atoms with Gasteiger partial charge in [-0.3, -0.25) is 4.90 Å². The van der Waals surface area contributed by atoms with Crippen LogP contribution < -0.4 is 0 Å². The number of aliphatic hydroxyl groups is 1. The molecule has 0 aliphatic carbocycles. The SMILES string of the molecule is CC(C)=CCN1CCC(C(O)c2nccn2C)CC1. The van der Waals surface area contributed by atoms with Crippen molar-refractivity contribution in [3.8, 4) is 0 Å². The first-order chi connectivity index (χ1) is 9.08. The number of aryl methyl sites for hydroxylation is 1. The third-order valence-electron chi connectivity index (χ3n) is 3.96. The van der Waals surface area contributed by atoms with Gasteiger partial charge < -0.3 is 9.67 Å². The number of aromatic nitrogens is 2. The molecule has 4 nitrogen and oxygen atoms in total. The molecular formula is C15H25N3O. The van der Waals surface area contributed by atoms with Crippen LogP contribution in [0.25, 0.3) is 0 Å². The highest BCUT2D eigenvalue weighted by Crippen LogP contribution is 2.29. The molecule has 0 spiro atoms. The van der Waals surface area contributed by atoms with Crippen molar-refractivity contribution in [1.82, 2.24) is 14.5 Å². The van der Waals surface area contributed by atoms with Crippen molar-refractivity contribution in [1.29, 1.82) is 0 Å². The number of imidazole rings is 1. The maximum absolute atomic E-state index is 10.4. The second-order valence-corrected chi connectivity index (χ2v) is 5.76. The molecule has 0 amide bonds. The van der Waals surface area contributed by atoms with E-state index in [2.05, 4.69) is 29.8 Å². The molecule has 0 bridgehead atoms. The summed E-state index contributed by atoms with van der Waals surface area (Å²) in [5.74, 6) is 1.13. The molecule has 0 saturated carbocycles. The molecule has 19 heavy (non-hydrogen) atoms. The highest BCUT2D eigenvalue weighted by molar-refractivity contribution is 4.99.